The monoisotopic (exact) mass is 373 g/mol. The summed E-state index contributed by atoms with van der Waals surface area (Å²) >= 11 is 0. The zero-order valence-corrected chi connectivity index (χ0v) is 14.1. The molecule has 0 saturated heterocycles. The van der Waals surface area contributed by atoms with Crippen LogP contribution in [0.5, 0.6) is 0 Å². The Morgan fingerprint density at radius 3 is 2.22 bits per heavy atom. The largest absolute Gasteiger partial charge is 0.396 e. The molecule has 1 heterocycles. The van der Waals surface area contributed by atoms with Crippen molar-refractivity contribution in [2.24, 2.45) is 0 Å². The molecule has 1 aromatic heterocycles. The summed E-state index contributed by atoms with van der Waals surface area (Å²) in [5.74, 6) is -3.25. The van der Waals surface area contributed by atoms with E-state index < -0.39 is 30.1 Å². The first-order valence-electron chi connectivity index (χ1n) is 8.22. The molecule has 2 nitrogen and oxygen atoms in total. The molecule has 0 bridgehead atoms. The average molecular weight is 373 g/mol. The van der Waals surface area contributed by atoms with Crippen molar-refractivity contribution in [2.45, 2.75) is 18.5 Å². The van der Waals surface area contributed by atoms with Gasteiger partial charge in [0.15, 0.2) is 5.78 Å². The van der Waals surface area contributed by atoms with E-state index in [-0.39, 0.29) is 11.1 Å². The Kier molecular flexibility index (Phi) is 5.35. The van der Waals surface area contributed by atoms with Gasteiger partial charge in [-0.25, -0.2) is 4.39 Å². The summed E-state index contributed by atoms with van der Waals surface area (Å²) in [6, 6.07) is 15.5. The van der Waals surface area contributed by atoms with Crippen LogP contribution in [-0.2, 0) is 0 Å². The van der Waals surface area contributed by atoms with E-state index in [2.05, 4.69) is 4.98 Å². The summed E-state index contributed by atoms with van der Waals surface area (Å²) in [6.45, 7) is 0. The highest BCUT2D eigenvalue weighted by Crippen LogP contribution is 2.41. The maximum Gasteiger partial charge on any atom is 0.396 e. The van der Waals surface area contributed by atoms with E-state index in [4.69, 9.17) is 0 Å². The molecule has 1 atom stereocenters. The van der Waals surface area contributed by atoms with Crippen molar-refractivity contribution in [1.82, 2.24) is 4.98 Å². The zero-order chi connectivity index (χ0) is 19.4. The fourth-order valence-electron chi connectivity index (χ4n) is 2.90. The van der Waals surface area contributed by atoms with Crippen molar-refractivity contribution in [3.63, 3.8) is 0 Å². The van der Waals surface area contributed by atoms with Gasteiger partial charge in [0, 0.05) is 23.7 Å². The fourth-order valence-corrected chi connectivity index (χ4v) is 2.90. The van der Waals surface area contributed by atoms with Gasteiger partial charge in [-0.05, 0) is 42.0 Å². The number of pyridine rings is 1. The van der Waals surface area contributed by atoms with Crippen molar-refractivity contribution in [3.05, 3.63) is 89.9 Å². The molecule has 0 spiro atoms. The highest BCUT2D eigenvalue weighted by atomic mass is 19.4. The number of aromatic nitrogens is 1. The number of carbonyl (C=O) groups is 1. The second kappa shape index (κ2) is 7.70. The number of alkyl halides is 3. The summed E-state index contributed by atoms with van der Waals surface area (Å²) in [7, 11) is 0. The number of carbonyl (C=O) groups excluding carboxylic acids is 1. The molecule has 27 heavy (non-hydrogen) atoms. The lowest BCUT2D eigenvalue weighted by Gasteiger charge is -2.22. The summed E-state index contributed by atoms with van der Waals surface area (Å²) in [5, 5.41) is 0. The Balaban J connectivity index is 2.00. The maximum atomic E-state index is 13.8. The molecule has 6 heteroatoms. The third kappa shape index (κ3) is 4.39. The summed E-state index contributed by atoms with van der Waals surface area (Å²) in [5.41, 5.74) is 0.754. The van der Waals surface area contributed by atoms with E-state index in [0.29, 0.717) is 11.3 Å². The minimum absolute atomic E-state index is 0.0147. The van der Waals surface area contributed by atoms with E-state index in [1.165, 1.54) is 30.5 Å². The second-order valence-electron chi connectivity index (χ2n) is 6.03. The van der Waals surface area contributed by atoms with E-state index >= 15 is 0 Å². The van der Waals surface area contributed by atoms with Gasteiger partial charge in [0.05, 0.1) is 11.6 Å². The molecule has 0 amide bonds. The molecule has 0 saturated carbocycles. The fraction of sp³-hybridized carbons (Fsp3) is 0.143. The Hall–Kier alpha value is -3.02. The quantitative estimate of drug-likeness (QED) is 0.417. The third-order valence-corrected chi connectivity index (χ3v) is 4.23. The lowest BCUT2D eigenvalue weighted by molar-refractivity contribution is -0.149. The Labute approximate surface area is 153 Å². The SMILES string of the molecule is O=C(CC(c1ccccc1-c1ccccn1)C(F)(F)F)c1ccc(F)cc1. The highest BCUT2D eigenvalue weighted by Gasteiger charge is 2.43. The minimum Gasteiger partial charge on any atom is -0.294 e. The molecule has 0 aliphatic carbocycles. The predicted octanol–water partition coefficient (Wildman–Crippen LogP) is 5.81. The van der Waals surface area contributed by atoms with Gasteiger partial charge < -0.3 is 0 Å². The molecule has 0 aliphatic heterocycles. The number of hydrogen-bond acceptors (Lipinski definition) is 2. The van der Waals surface area contributed by atoms with Gasteiger partial charge in [0.1, 0.15) is 5.82 Å². The van der Waals surface area contributed by atoms with Crippen molar-refractivity contribution >= 4 is 5.78 Å². The maximum absolute atomic E-state index is 13.8. The molecule has 3 aromatic rings. The minimum atomic E-state index is -4.62. The lowest BCUT2D eigenvalue weighted by atomic mass is 9.87. The van der Waals surface area contributed by atoms with Gasteiger partial charge >= 0.3 is 6.18 Å². The van der Waals surface area contributed by atoms with E-state index in [1.54, 1.807) is 30.3 Å². The molecule has 0 radical (unpaired) electrons. The van der Waals surface area contributed by atoms with Crippen LogP contribution in [0.1, 0.15) is 28.3 Å². The van der Waals surface area contributed by atoms with Crippen molar-refractivity contribution in [1.29, 1.82) is 0 Å². The van der Waals surface area contributed by atoms with Crippen LogP contribution in [0.4, 0.5) is 17.6 Å². The number of nitrogens with zero attached hydrogens (tertiary/aromatic N) is 1. The van der Waals surface area contributed by atoms with Gasteiger partial charge in [-0.15, -0.1) is 0 Å². The van der Waals surface area contributed by atoms with Gasteiger partial charge in [0.25, 0.3) is 0 Å². The number of halogens is 4. The van der Waals surface area contributed by atoms with Crippen LogP contribution in [0.25, 0.3) is 11.3 Å². The molecule has 1 unspecified atom stereocenters. The Morgan fingerprint density at radius 2 is 1.59 bits per heavy atom. The molecule has 0 fully saturated rings. The van der Waals surface area contributed by atoms with Crippen LogP contribution in [0.2, 0.25) is 0 Å². The highest BCUT2D eigenvalue weighted by molar-refractivity contribution is 5.96. The number of rotatable bonds is 5. The van der Waals surface area contributed by atoms with Crippen LogP contribution in [0.15, 0.2) is 72.9 Å². The molecule has 3 rings (SSSR count). The lowest BCUT2D eigenvalue weighted by Crippen LogP contribution is -2.24. The topological polar surface area (TPSA) is 30.0 Å². The summed E-state index contributed by atoms with van der Waals surface area (Å²) in [6.07, 6.45) is -3.89. The molecule has 0 N–H and O–H groups in total. The zero-order valence-electron chi connectivity index (χ0n) is 14.1. The van der Waals surface area contributed by atoms with Crippen molar-refractivity contribution in [3.8, 4) is 11.3 Å². The molecular formula is C21H15F4NO. The first-order chi connectivity index (χ1) is 12.9. The van der Waals surface area contributed by atoms with Crippen LogP contribution in [0.3, 0.4) is 0 Å². The predicted molar refractivity (Wildman–Crippen MR) is 93.8 cm³/mol. The first-order valence-corrected chi connectivity index (χ1v) is 8.22. The van der Waals surface area contributed by atoms with E-state index in [0.717, 1.165) is 12.1 Å². The Bertz CT molecular complexity index is 921. The number of Topliss-reactive ketones (excluding diaryl/α,β-unsaturated/α-hetero) is 1. The van der Waals surface area contributed by atoms with Crippen LogP contribution >= 0.6 is 0 Å². The van der Waals surface area contributed by atoms with Gasteiger partial charge in [0.2, 0.25) is 0 Å². The van der Waals surface area contributed by atoms with E-state index in [1.807, 2.05) is 0 Å². The standard InChI is InChI=1S/C21H15F4NO/c22-15-10-8-14(9-11-15)20(27)13-18(21(23,24)25)16-5-1-2-6-17(16)19-7-3-4-12-26-19/h1-12,18H,13H2. The number of hydrogen-bond donors (Lipinski definition) is 0. The number of benzene rings is 2. The van der Waals surface area contributed by atoms with Gasteiger partial charge in [-0.1, -0.05) is 30.3 Å². The van der Waals surface area contributed by atoms with Crippen LogP contribution in [0, 0.1) is 5.82 Å². The first kappa shape index (κ1) is 18.8. The van der Waals surface area contributed by atoms with Crippen molar-refractivity contribution in [2.75, 3.05) is 0 Å². The van der Waals surface area contributed by atoms with Gasteiger partial charge in [-0.2, -0.15) is 13.2 Å². The second-order valence-corrected chi connectivity index (χ2v) is 6.03. The van der Waals surface area contributed by atoms with Crippen molar-refractivity contribution < 1.29 is 22.4 Å². The molecular weight excluding hydrogens is 358 g/mol. The molecule has 138 valence electrons. The molecule has 2 aromatic carbocycles. The third-order valence-electron chi connectivity index (χ3n) is 4.23. The van der Waals surface area contributed by atoms with Gasteiger partial charge in [-0.3, -0.25) is 9.78 Å². The normalized spacial score (nSPS) is 12.6. The summed E-state index contributed by atoms with van der Waals surface area (Å²) in [4.78, 5) is 16.5. The number of ketones is 1. The summed E-state index contributed by atoms with van der Waals surface area (Å²) < 4.78 is 54.4. The average Bonchev–Trinajstić information content (AvgIpc) is 2.66. The smallest absolute Gasteiger partial charge is 0.294 e. The molecule has 0 aliphatic rings. The van der Waals surface area contributed by atoms with Crippen LogP contribution in [-0.4, -0.2) is 16.9 Å². The van der Waals surface area contributed by atoms with Crippen LogP contribution < -0.4 is 0 Å². The Morgan fingerprint density at radius 1 is 0.926 bits per heavy atom. The van der Waals surface area contributed by atoms with E-state index in [9.17, 15) is 22.4 Å².